The average Bonchev–Trinajstić information content (AvgIpc) is 3.37. The molecule has 0 spiro atoms. The van der Waals surface area contributed by atoms with Gasteiger partial charge in [0.25, 0.3) is 5.91 Å². The molecular weight excluding hydrogens is 448 g/mol. The molecule has 1 unspecified atom stereocenters. The minimum Gasteiger partial charge on any atom is -0.325 e. The molecule has 3 aromatic carbocycles. The number of thioether (sulfide) groups is 1. The Labute approximate surface area is 202 Å². The predicted molar refractivity (Wildman–Crippen MR) is 138 cm³/mol. The summed E-state index contributed by atoms with van der Waals surface area (Å²) in [7, 11) is 0. The molecule has 33 heavy (non-hydrogen) atoms. The van der Waals surface area contributed by atoms with Crippen LogP contribution < -0.4 is 10.6 Å². The molecule has 0 aliphatic heterocycles. The molecule has 0 aliphatic rings. The molecule has 2 amide bonds. The maximum atomic E-state index is 13.3. The van der Waals surface area contributed by atoms with E-state index in [2.05, 4.69) is 10.6 Å². The van der Waals surface area contributed by atoms with Gasteiger partial charge in [-0.1, -0.05) is 48.5 Å². The lowest BCUT2D eigenvalue weighted by molar-refractivity contribution is -0.115. The van der Waals surface area contributed by atoms with Gasteiger partial charge in [-0.25, -0.2) is 0 Å². The second-order valence-corrected chi connectivity index (χ2v) is 9.80. The van der Waals surface area contributed by atoms with E-state index in [-0.39, 0.29) is 11.8 Å². The highest BCUT2D eigenvalue weighted by atomic mass is 32.2. The molecule has 4 rings (SSSR count). The molecule has 0 saturated carbocycles. The third-order valence-electron chi connectivity index (χ3n) is 5.10. The first-order chi connectivity index (χ1) is 16.0. The summed E-state index contributed by atoms with van der Waals surface area (Å²) in [6.45, 7) is 4.00. The number of nitrogens with one attached hydrogen (secondary N) is 2. The highest BCUT2D eigenvalue weighted by Crippen LogP contribution is 2.37. The van der Waals surface area contributed by atoms with Gasteiger partial charge in [-0.2, -0.15) is 0 Å². The minimum atomic E-state index is -0.419. The van der Waals surface area contributed by atoms with Gasteiger partial charge in [0, 0.05) is 16.3 Å². The standard InChI is InChI=1S/C27H24N2O2S2/c1-18-10-11-19(2)23(17-18)29-27(31)25(20-7-4-3-5-8-20)33-22-14-12-21(13-15-22)28-26(30)24-9-6-16-32-24/h3-17,25H,1-2H3,(H,28,30)(H,29,31). The summed E-state index contributed by atoms with van der Waals surface area (Å²) >= 11 is 2.89. The van der Waals surface area contributed by atoms with Crippen molar-refractivity contribution in [3.8, 4) is 0 Å². The lowest BCUT2D eigenvalue weighted by Crippen LogP contribution is -2.19. The maximum Gasteiger partial charge on any atom is 0.265 e. The van der Waals surface area contributed by atoms with Crippen molar-refractivity contribution in [1.82, 2.24) is 0 Å². The first-order valence-electron chi connectivity index (χ1n) is 10.5. The molecule has 0 fully saturated rings. The largest absolute Gasteiger partial charge is 0.325 e. The number of benzene rings is 3. The van der Waals surface area contributed by atoms with Gasteiger partial charge in [0.1, 0.15) is 5.25 Å². The Kier molecular flexibility index (Phi) is 7.27. The van der Waals surface area contributed by atoms with Gasteiger partial charge in [0.2, 0.25) is 5.91 Å². The maximum absolute atomic E-state index is 13.3. The zero-order chi connectivity index (χ0) is 23.2. The van der Waals surface area contributed by atoms with Crippen LogP contribution in [0.15, 0.2) is 95.2 Å². The van der Waals surface area contributed by atoms with E-state index in [1.54, 1.807) is 6.07 Å². The SMILES string of the molecule is Cc1ccc(C)c(NC(=O)C(Sc2ccc(NC(=O)c3cccs3)cc2)c2ccccc2)c1. The zero-order valence-corrected chi connectivity index (χ0v) is 20.0. The Balaban J connectivity index is 1.51. The van der Waals surface area contributed by atoms with E-state index in [0.29, 0.717) is 10.6 Å². The highest BCUT2D eigenvalue weighted by molar-refractivity contribution is 8.00. The van der Waals surface area contributed by atoms with E-state index in [4.69, 9.17) is 0 Å². The number of aryl methyl sites for hydroxylation is 2. The number of carbonyl (C=O) groups excluding carboxylic acids is 2. The Morgan fingerprint density at radius 1 is 0.848 bits per heavy atom. The molecule has 4 aromatic rings. The van der Waals surface area contributed by atoms with Crippen molar-refractivity contribution in [1.29, 1.82) is 0 Å². The summed E-state index contributed by atoms with van der Waals surface area (Å²) in [6.07, 6.45) is 0. The molecule has 2 N–H and O–H groups in total. The molecule has 166 valence electrons. The van der Waals surface area contributed by atoms with Crippen molar-refractivity contribution in [2.45, 2.75) is 24.0 Å². The van der Waals surface area contributed by atoms with Gasteiger partial charge in [-0.15, -0.1) is 23.1 Å². The molecular formula is C27H24N2O2S2. The third kappa shape index (κ3) is 5.92. The quantitative estimate of drug-likeness (QED) is 0.282. The van der Waals surface area contributed by atoms with Crippen molar-refractivity contribution >= 4 is 46.3 Å². The summed E-state index contributed by atoms with van der Waals surface area (Å²) in [5.41, 5.74) is 4.60. The molecule has 0 aliphatic carbocycles. The van der Waals surface area contributed by atoms with Gasteiger partial charge in [-0.05, 0) is 72.3 Å². The van der Waals surface area contributed by atoms with E-state index in [1.165, 1.54) is 23.1 Å². The monoisotopic (exact) mass is 472 g/mol. The van der Waals surface area contributed by atoms with Crippen LogP contribution in [-0.4, -0.2) is 11.8 Å². The van der Waals surface area contributed by atoms with Crippen molar-refractivity contribution < 1.29 is 9.59 Å². The predicted octanol–water partition coefficient (Wildman–Crippen LogP) is 7.09. The van der Waals surface area contributed by atoms with Gasteiger partial charge < -0.3 is 10.6 Å². The molecule has 1 heterocycles. The van der Waals surface area contributed by atoms with Gasteiger partial charge in [0.05, 0.1) is 4.88 Å². The van der Waals surface area contributed by atoms with Gasteiger partial charge in [0.15, 0.2) is 0 Å². The Morgan fingerprint density at radius 2 is 1.61 bits per heavy atom. The fourth-order valence-corrected chi connectivity index (χ4v) is 4.97. The Bertz CT molecular complexity index is 1240. The van der Waals surface area contributed by atoms with Crippen LogP contribution in [0.4, 0.5) is 11.4 Å². The fraction of sp³-hybridized carbons (Fsp3) is 0.111. The van der Waals surface area contributed by atoms with Crippen LogP contribution in [0.25, 0.3) is 0 Å². The van der Waals surface area contributed by atoms with Crippen molar-refractivity contribution in [2.75, 3.05) is 10.6 Å². The molecule has 1 aromatic heterocycles. The normalized spacial score (nSPS) is 11.6. The van der Waals surface area contributed by atoms with E-state index < -0.39 is 5.25 Å². The molecule has 0 radical (unpaired) electrons. The van der Waals surface area contributed by atoms with Crippen LogP contribution in [0, 0.1) is 13.8 Å². The molecule has 1 atom stereocenters. The topological polar surface area (TPSA) is 58.2 Å². The van der Waals surface area contributed by atoms with Crippen LogP contribution in [0.5, 0.6) is 0 Å². The second kappa shape index (κ2) is 10.5. The van der Waals surface area contributed by atoms with E-state index in [1.807, 2.05) is 98.1 Å². The summed E-state index contributed by atoms with van der Waals surface area (Å²) < 4.78 is 0. The number of anilines is 2. The average molecular weight is 473 g/mol. The molecule has 0 saturated heterocycles. The third-order valence-corrected chi connectivity index (χ3v) is 7.24. The van der Waals surface area contributed by atoms with Crippen LogP contribution in [-0.2, 0) is 4.79 Å². The number of hydrogen-bond acceptors (Lipinski definition) is 4. The van der Waals surface area contributed by atoms with E-state index >= 15 is 0 Å². The molecule has 0 bridgehead atoms. The number of amides is 2. The summed E-state index contributed by atoms with van der Waals surface area (Å²) in [4.78, 5) is 27.2. The first-order valence-corrected chi connectivity index (χ1v) is 12.3. The second-order valence-electron chi connectivity index (χ2n) is 7.67. The summed E-state index contributed by atoms with van der Waals surface area (Å²) in [5, 5.41) is 7.47. The first kappa shape index (κ1) is 22.8. The van der Waals surface area contributed by atoms with Crippen molar-refractivity contribution in [2.24, 2.45) is 0 Å². The minimum absolute atomic E-state index is 0.0741. The van der Waals surface area contributed by atoms with Gasteiger partial charge >= 0.3 is 0 Å². The fourth-order valence-electron chi connectivity index (χ4n) is 3.32. The van der Waals surface area contributed by atoms with Crippen molar-refractivity contribution in [3.63, 3.8) is 0 Å². The number of rotatable bonds is 7. The Morgan fingerprint density at radius 3 is 2.30 bits per heavy atom. The summed E-state index contributed by atoms with van der Waals surface area (Å²) in [5.74, 6) is -0.199. The number of hydrogen-bond donors (Lipinski definition) is 2. The van der Waals surface area contributed by atoms with Crippen LogP contribution >= 0.6 is 23.1 Å². The molecule has 4 nitrogen and oxygen atoms in total. The lowest BCUT2D eigenvalue weighted by atomic mass is 10.1. The van der Waals surface area contributed by atoms with E-state index in [9.17, 15) is 9.59 Å². The van der Waals surface area contributed by atoms with Crippen molar-refractivity contribution in [3.05, 3.63) is 112 Å². The Hall–Kier alpha value is -3.35. The zero-order valence-electron chi connectivity index (χ0n) is 18.4. The van der Waals surface area contributed by atoms with Crippen LogP contribution in [0.3, 0.4) is 0 Å². The lowest BCUT2D eigenvalue weighted by Gasteiger charge is -2.18. The molecule has 6 heteroatoms. The number of carbonyl (C=O) groups is 2. The van der Waals surface area contributed by atoms with E-state index in [0.717, 1.165) is 27.3 Å². The van der Waals surface area contributed by atoms with Gasteiger partial charge in [-0.3, -0.25) is 9.59 Å². The number of thiophene rings is 1. The van der Waals surface area contributed by atoms with Crippen LogP contribution in [0.1, 0.15) is 31.6 Å². The van der Waals surface area contributed by atoms with Crippen LogP contribution in [0.2, 0.25) is 0 Å². The highest BCUT2D eigenvalue weighted by Gasteiger charge is 2.23. The smallest absolute Gasteiger partial charge is 0.265 e. The summed E-state index contributed by atoms with van der Waals surface area (Å²) in [6, 6.07) is 27.0.